The van der Waals surface area contributed by atoms with Crippen molar-refractivity contribution in [3.05, 3.63) is 52.6 Å². The van der Waals surface area contributed by atoms with Crippen LogP contribution in [0.5, 0.6) is 5.75 Å². The predicted molar refractivity (Wildman–Crippen MR) is 67.3 cm³/mol. The van der Waals surface area contributed by atoms with E-state index in [0.29, 0.717) is 5.82 Å². The fourth-order valence-electron chi connectivity index (χ4n) is 1.39. The van der Waals surface area contributed by atoms with Gasteiger partial charge in [0.2, 0.25) is 0 Å². The summed E-state index contributed by atoms with van der Waals surface area (Å²) < 4.78 is 5.53. The van der Waals surface area contributed by atoms with Crippen molar-refractivity contribution in [3.63, 3.8) is 0 Å². The highest BCUT2D eigenvalue weighted by Crippen LogP contribution is 2.15. The normalized spacial score (nSPS) is 9.83. The maximum Gasteiger partial charge on any atom is 0.167 e. The summed E-state index contributed by atoms with van der Waals surface area (Å²) in [7, 11) is 0. The molecule has 4 nitrogen and oxygen atoms in total. The predicted octanol–water partition coefficient (Wildman–Crippen LogP) is 2.89. The fraction of sp³-hybridized carbons (Fsp3) is 0.154. The van der Waals surface area contributed by atoms with Crippen molar-refractivity contribution < 1.29 is 4.74 Å². The molecule has 5 heteroatoms. The van der Waals surface area contributed by atoms with Gasteiger partial charge in [-0.05, 0) is 24.6 Å². The number of halogens is 1. The Morgan fingerprint density at radius 3 is 2.94 bits per heavy atom. The molecule has 0 N–H and O–H groups in total. The highest BCUT2D eigenvalue weighted by atomic mass is 35.5. The molecule has 90 valence electrons. The SMILES string of the molecule is Cc1cccc(OCc2ncc(C#N)c(Cl)n2)c1. The quantitative estimate of drug-likeness (QED) is 0.796. The summed E-state index contributed by atoms with van der Waals surface area (Å²) in [5, 5.41) is 8.85. The van der Waals surface area contributed by atoms with Gasteiger partial charge in [-0.1, -0.05) is 23.7 Å². The van der Waals surface area contributed by atoms with Gasteiger partial charge in [0.25, 0.3) is 0 Å². The lowest BCUT2D eigenvalue weighted by Crippen LogP contribution is -2.02. The molecule has 0 spiro atoms. The van der Waals surface area contributed by atoms with Crippen LogP contribution in [0.25, 0.3) is 0 Å². The summed E-state index contributed by atoms with van der Waals surface area (Å²) in [4.78, 5) is 7.99. The summed E-state index contributed by atoms with van der Waals surface area (Å²) >= 11 is 5.81. The van der Waals surface area contributed by atoms with Gasteiger partial charge in [0.05, 0.1) is 6.20 Å². The number of aromatic nitrogens is 2. The molecule has 0 aliphatic carbocycles. The Balaban J connectivity index is 2.07. The first-order valence-corrected chi connectivity index (χ1v) is 5.68. The Labute approximate surface area is 110 Å². The van der Waals surface area contributed by atoms with Crippen molar-refractivity contribution in [2.75, 3.05) is 0 Å². The maximum atomic E-state index is 8.70. The van der Waals surface area contributed by atoms with E-state index in [1.165, 1.54) is 6.20 Å². The van der Waals surface area contributed by atoms with E-state index in [2.05, 4.69) is 9.97 Å². The molecule has 0 fully saturated rings. The molecule has 1 aromatic heterocycles. The second kappa shape index (κ2) is 5.48. The largest absolute Gasteiger partial charge is 0.486 e. The smallest absolute Gasteiger partial charge is 0.167 e. The number of rotatable bonds is 3. The van der Waals surface area contributed by atoms with Crippen LogP contribution in [0, 0.1) is 18.3 Å². The van der Waals surface area contributed by atoms with Crippen LogP contribution in [-0.2, 0) is 6.61 Å². The lowest BCUT2D eigenvalue weighted by molar-refractivity contribution is 0.295. The third-order valence-electron chi connectivity index (χ3n) is 2.27. The minimum atomic E-state index is 0.148. The molecule has 0 bridgehead atoms. The van der Waals surface area contributed by atoms with E-state index in [9.17, 15) is 0 Å². The molecule has 0 aliphatic rings. The number of nitrogens with zero attached hydrogens (tertiary/aromatic N) is 3. The molecule has 0 saturated carbocycles. The zero-order chi connectivity index (χ0) is 13.0. The van der Waals surface area contributed by atoms with Crippen LogP contribution in [-0.4, -0.2) is 9.97 Å². The summed E-state index contributed by atoms with van der Waals surface area (Å²) in [6.45, 7) is 2.21. The van der Waals surface area contributed by atoms with Crippen LogP contribution in [0.1, 0.15) is 17.0 Å². The molecule has 0 saturated heterocycles. The van der Waals surface area contributed by atoms with Crippen LogP contribution >= 0.6 is 11.6 Å². The van der Waals surface area contributed by atoms with Crippen molar-refractivity contribution in [2.45, 2.75) is 13.5 Å². The second-order valence-corrected chi connectivity index (χ2v) is 4.07. The minimum Gasteiger partial charge on any atom is -0.486 e. The van der Waals surface area contributed by atoms with E-state index in [1.54, 1.807) is 0 Å². The first-order valence-electron chi connectivity index (χ1n) is 5.30. The van der Waals surface area contributed by atoms with Gasteiger partial charge >= 0.3 is 0 Å². The fourth-order valence-corrected chi connectivity index (χ4v) is 1.58. The van der Waals surface area contributed by atoms with Crippen LogP contribution in [0.15, 0.2) is 30.5 Å². The van der Waals surface area contributed by atoms with E-state index in [1.807, 2.05) is 37.3 Å². The van der Waals surface area contributed by atoms with Crippen LogP contribution in [0.3, 0.4) is 0 Å². The first-order chi connectivity index (χ1) is 8.69. The number of ether oxygens (including phenoxy) is 1. The molecule has 0 aliphatic heterocycles. The van der Waals surface area contributed by atoms with Crippen molar-refractivity contribution in [1.29, 1.82) is 5.26 Å². The molecule has 2 rings (SSSR count). The van der Waals surface area contributed by atoms with Gasteiger partial charge in [-0.3, -0.25) is 0 Å². The van der Waals surface area contributed by atoms with Gasteiger partial charge in [-0.25, -0.2) is 9.97 Å². The molecule has 2 aromatic rings. The molecule has 0 atom stereocenters. The molecule has 0 radical (unpaired) electrons. The molecule has 0 unspecified atom stereocenters. The summed E-state index contributed by atoms with van der Waals surface area (Å²) in [6.07, 6.45) is 1.39. The molecule has 0 amide bonds. The number of nitriles is 1. The molecular formula is C13H10ClN3O. The second-order valence-electron chi connectivity index (χ2n) is 3.71. The topological polar surface area (TPSA) is 58.8 Å². The lowest BCUT2D eigenvalue weighted by atomic mass is 10.2. The zero-order valence-corrected chi connectivity index (χ0v) is 10.5. The van der Waals surface area contributed by atoms with Crippen LogP contribution in [0.4, 0.5) is 0 Å². The highest BCUT2D eigenvalue weighted by molar-refractivity contribution is 6.30. The summed E-state index contributed by atoms with van der Waals surface area (Å²) in [5.41, 5.74) is 1.38. The van der Waals surface area contributed by atoms with E-state index in [4.69, 9.17) is 21.6 Å². The Hall–Kier alpha value is -2.12. The van der Waals surface area contributed by atoms with E-state index in [-0.39, 0.29) is 17.3 Å². The standard InChI is InChI=1S/C13H10ClN3O/c1-9-3-2-4-11(5-9)18-8-12-16-7-10(6-15)13(14)17-12/h2-5,7H,8H2,1H3. The van der Waals surface area contributed by atoms with E-state index >= 15 is 0 Å². The van der Waals surface area contributed by atoms with Gasteiger partial charge in [0, 0.05) is 0 Å². The highest BCUT2D eigenvalue weighted by Gasteiger charge is 2.05. The van der Waals surface area contributed by atoms with E-state index in [0.717, 1.165) is 11.3 Å². The summed E-state index contributed by atoms with van der Waals surface area (Å²) in [5.74, 6) is 1.19. The number of hydrogen-bond acceptors (Lipinski definition) is 4. The van der Waals surface area contributed by atoms with Gasteiger partial charge in [0.15, 0.2) is 11.0 Å². The average Bonchev–Trinajstić information content (AvgIpc) is 2.37. The van der Waals surface area contributed by atoms with Gasteiger partial charge in [-0.2, -0.15) is 5.26 Å². The Morgan fingerprint density at radius 1 is 1.44 bits per heavy atom. The minimum absolute atomic E-state index is 0.148. The van der Waals surface area contributed by atoms with Crippen molar-refractivity contribution in [2.24, 2.45) is 0 Å². The monoisotopic (exact) mass is 259 g/mol. The summed E-state index contributed by atoms with van der Waals surface area (Å²) in [6, 6.07) is 9.59. The van der Waals surface area contributed by atoms with Crippen LogP contribution in [0.2, 0.25) is 5.15 Å². The zero-order valence-electron chi connectivity index (χ0n) is 9.72. The Morgan fingerprint density at radius 2 is 2.28 bits per heavy atom. The Kier molecular flexibility index (Phi) is 3.75. The van der Waals surface area contributed by atoms with Gasteiger partial charge in [0.1, 0.15) is 24.0 Å². The third-order valence-corrected chi connectivity index (χ3v) is 2.56. The van der Waals surface area contributed by atoms with E-state index < -0.39 is 0 Å². The first kappa shape index (κ1) is 12.3. The molecule has 1 aromatic carbocycles. The number of aryl methyl sites for hydroxylation is 1. The van der Waals surface area contributed by atoms with Crippen molar-refractivity contribution in [1.82, 2.24) is 9.97 Å². The third kappa shape index (κ3) is 2.96. The molecule has 18 heavy (non-hydrogen) atoms. The average molecular weight is 260 g/mol. The van der Waals surface area contributed by atoms with Gasteiger partial charge in [-0.15, -0.1) is 0 Å². The van der Waals surface area contributed by atoms with Crippen molar-refractivity contribution >= 4 is 11.6 Å². The van der Waals surface area contributed by atoms with Crippen molar-refractivity contribution in [3.8, 4) is 11.8 Å². The number of benzene rings is 1. The lowest BCUT2D eigenvalue weighted by Gasteiger charge is -2.06. The van der Waals surface area contributed by atoms with Crippen LogP contribution < -0.4 is 4.74 Å². The molecular weight excluding hydrogens is 250 g/mol. The van der Waals surface area contributed by atoms with Gasteiger partial charge < -0.3 is 4.74 Å². The maximum absolute atomic E-state index is 8.70. The number of hydrogen-bond donors (Lipinski definition) is 0. The molecule has 1 heterocycles. The Bertz CT molecular complexity index is 607.